The first-order chi connectivity index (χ1) is 9.63. The summed E-state index contributed by atoms with van der Waals surface area (Å²) in [7, 11) is 0. The lowest BCUT2D eigenvalue weighted by Gasteiger charge is -2.10. The Morgan fingerprint density at radius 3 is 2.20 bits per heavy atom. The fraction of sp³-hybridized carbons (Fsp3) is 0. The van der Waals surface area contributed by atoms with Crippen molar-refractivity contribution in [3.63, 3.8) is 0 Å². The highest BCUT2D eigenvalue weighted by molar-refractivity contribution is 9.11. The van der Waals surface area contributed by atoms with E-state index in [1.54, 1.807) is 36.4 Å². The highest BCUT2D eigenvalue weighted by Gasteiger charge is 2.10. The molecule has 0 bridgehead atoms. The van der Waals surface area contributed by atoms with Crippen LogP contribution in [0.3, 0.4) is 0 Å². The summed E-state index contributed by atoms with van der Waals surface area (Å²) < 4.78 is 7.02. The third-order valence-electron chi connectivity index (χ3n) is 2.36. The van der Waals surface area contributed by atoms with E-state index < -0.39 is 0 Å². The third-order valence-corrected chi connectivity index (χ3v) is 3.54. The summed E-state index contributed by atoms with van der Waals surface area (Å²) >= 11 is 6.71. The number of halogens is 2. The first kappa shape index (κ1) is 14.5. The van der Waals surface area contributed by atoms with E-state index in [4.69, 9.17) is 10.00 Å². The predicted molar refractivity (Wildman–Crippen MR) is 80.9 cm³/mol. The van der Waals surface area contributed by atoms with Crippen LogP contribution in [-0.2, 0) is 4.79 Å². The van der Waals surface area contributed by atoms with E-state index >= 15 is 0 Å². The summed E-state index contributed by atoms with van der Waals surface area (Å²) in [6, 6.07) is 12.1. The summed E-state index contributed by atoms with van der Waals surface area (Å²) in [5.41, 5.74) is 1.03. The number of nitrogens with zero attached hydrogens (tertiary/aromatic N) is 2. The number of nitriles is 1. The predicted octanol–water partition coefficient (Wildman–Crippen LogP) is 4.84. The second kappa shape index (κ2) is 6.49. The molecule has 6 heteroatoms. The molecule has 0 aliphatic rings. The maximum atomic E-state index is 10.3. The Hall–Kier alpha value is -1.93. The lowest BCUT2D eigenvalue weighted by atomic mass is 10.2. The molecule has 98 valence electrons. The summed E-state index contributed by atoms with van der Waals surface area (Å²) in [6.45, 7) is 0. The Labute approximate surface area is 132 Å². The van der Waals surface area contributed by atoms with Crippen LogP contribution in [0.1, 0.15) is 5.56 Å². The molecular formula is C14H6Br2N2O2. The lowest BCUT2D eigenvalue weighted by Crippen LogP contribution is -1.87. The summed E-state index contributed by atoms with van der Waals surface area (Å²) in [6.07, 6.45) is 1.48. The van der Waals surface area contributed by atoms with Crippen molar-refractivity contribution < 1.29 is 9.53 Å². The number of carbonyl (C=O) groups excluding carboxylic acids is 1. The van der Waals surface area contributed by atoms with Crippen LogP contribution in [-0.4, -0.2) is 6.08 Å². The van der Waals surface area contributed by atoms with Crippen LogP contribution in [0, 0.1) is 11.3 Å². The summed E-state index contributed by atoms with van der Waals surface area (Å²) in [5, 5.41) is 8.74. The van der Waals surface area contributed by atoms with Gasteiger partial charge in [0.05, 0.1) is 26.3 Å². The number of hydrogen-bond donors (Lipinski definition) is 0. The second-order valence-corrected chi connectivity index (χ2v) is 5.39. The molecule has 0 N–H and O–H groups in total. The van der Waals surface area contributed by atoms with E-state index in [0.29, 0.717) is 31.7 Å². The van der Waals surface area contributed by atoms with Gasteiger partial charge in [0.1, 0.15) is 5.75 Å². The molecule has 0 radical (unpaired) electrons. The fourth-order valence-corrected chi connectivity index (χ4v) is 2.80. The first-order valence-corrected chi connectivity index (χ1v) is 6.97. The van der Waals surface area contributed by atoms with Crippen molar-refractivity contribution in [2.45, 2.75) is 0 Å². The molecule has 0 atom stereocenters. The average Bonchev–Trinajstić information content (AvgIpc) is 2.44. The first-order valence-electron chi connectivity index (χ1n) is 5.39. The number of aliphatic imine (C=N–C) groups is 1. The molecule has 0 amide bonds. The van der Waals surface area contributed by atoms with Gasteiger partial charge in [-0.15, -0.1) is 0 Å². The lowest BCUT2D eigenvalue weighted by molar-refractivity contribution is 0.476. The Morgan fingerprint density at radius 1 is 1.10 bits per heavy atom. The minimum atomic E-state index is 0.464. The van der Waals surface area contributed by atoms with E-state index in [0.717, 1.165) is 0 Å². The molecule has 2 aromatic carbocycles. The molecule has 0 aliphatic heterocycles. The minimum Gasteiger partial charge on any atom is -0.455 e. The number of hydrogen-bond acceptors (Lipinski definition) is 4. The zero-order valence-corrected chi connectivity index (χ0v) is 13.1. The van der Waals surface area contributed by atoms with Gasteiger partial charge in [-0.05, 0) is 68.3 Å². The molecular weight excluding hydrogens is 388 g/mol. The third kappa shape index (κ3) is 3.34. The average molecular weight is 394 g/mol. The van der Waals surface area contributed by atoms with Gasteiger partial charge in [-0.1, -0.05) is 0 Å². The molecule has 0 aliphatic carbocycles. The maximum absolute atomic E-state index is 10.3. The normalized spacial score (nSPS) is 9.45. The van der Waals surface area contributed by atoms with Crippen molar-refractivity contribution in [3.8, 4) is 17.6 Å². The van der Waals surface area contributed by atoms with Crippen molar-refractivity contribution in [1.82, 2.24) is 0 Å². The van der Waals surface area contributed by atoms with Gasteiger partial charge >= 0.3 is 0 Å². The molecule has 20 heavy (non-hydrogen) atoms. The van der Waals surface area contributed by atoms with E-state index in [1.165, 1.54) is 6.08 Å². The largest absolute Gasteiger partial charge is 0.455 e. The topological polar surface area (TPSA) is 62.4 Å². The summed E-state index contributed by atoms with van der Waals surface area (Å²) in [5.74, 6) is 1.15. The van der Waals surface area contributed by atoms with Crippen LogP contribution >= 0.6 is 31.9 Å². The van der Waals surface area contributed by atoms with Crippen molar-refractivity contribution in [3.05, 3.63) is 50.9 Å². The number of ether oxygens (including phenoxy) is 1. The fourth-order valence-electron chi connectivity index (χ4n) is 1.48. The standard InChI is InChI=1S/C14H6Br2N2O2/c15-12-5-10(18-8-19)6-13(16)14(12)20-11-3-1-9(7-17)2-4-11/h1-6H. The Bertz CT molecular complexity index is 707. The van der Waals surface area contributed by atoms with Gasteiger partial charge in [0.15, 0.2) is 5.75 Å². The maximum Gasteiger partial charge on any atom is 0.240 e. The number of isocyanates is 1. The van der Waals surface area contributed by atoms with Crippen LogP contribution in [0.2, 0.25) is 0 Å². The monoisotopic (exact) mass is 392 g/mol. The zero-order chi connectivity index (χ0) is 14.5. The van der Waals surface area contributed by atoms with E-state index in [9.17, 15) is 4.79 Å². The molecule has 0 saturated heterocycles. The Balaban J connectivity index is 2.33. The van der Waals surface area contributed by atoms with Gasteiger partial charge < -0.3 is 4.74 Å². The second-order valence-electron chi connectivity index (χ2n) is 3.68. The van der Waals surface area contributed by atoms with Gasteiger partial charge in [-0.25, -0.2) is 4.79 Å². The van der Waals surface area contributed by atoms with Crippen molar-refractivity contribution in [2.24, 2.45) is 4.99 Å². The Kier molecular flexibility index (Phi) is 4.70. The molecule has 4 nitrogen and oxygen atoms in total. The van der Waals surface area contributed by atoms with Crippen LogP contribution in [0.25, 0.3) is 0 Å². The Morgan fingerprint density at radius 2 is 1.70 bits per heavy atom. The smallest absolute Gasteiger partial charge is 0.240 e. The van der Waals surface area contributed by atoms with Crippen LogP contribution in [0.5, 0.6) is 11.5 Å². The van der Waals surface area contributed by atoms with Gasteiger partial charge in [0.25, 0.3) is 0 Å². The van der Waals surface area contributed by atoms with Gasteiger partial charge in [-0.2, -0.15) is 10.3 Å². The quantitative estimate of drug-likeness (QED) is 0.553. The minimum absolute atomic E-state index is 0.464. The van der Waals surface area contributed by atoms with Gasteiger partial charge in [0.2, 0.25) is 6.08 Å². The number of benzene rings is 2. The molecule has 2 aromatic rings. The molecule has 0 heterocycles. The highest BCUT2D eigenvalue weighted by Crippen LogP contribution is 2.39. The van der Waals surface area contributed by atoms with Gasteiger partial charge in [-0.3, -0.25) is 0 Å². The van der Waals surface area contributed by atoms with Crippen molar-refractivity contribution in [2.75, 3.05) is 0 Å². The molecule has 0 unspecified atom stereocenters. The zero-order valence-electron chi connectivity index (χ0n) is 9.93. The molecule has 0 spiro atoms. The highest BCUT2D eigenvalue weighted by atomic mass is 79.9. The molecule has 0 fully saturated rings. The van der Waals surface area contributed by atoms with Crippen LogP contribution in [0.4, 0.5) is 5.69 Å². The van der Waals surface area contributed by atoms with Crippen LogP contribution in [0.15, 0.2) is 50.3 Å². The SMILES string of the molecule is N#Cc1ccc(Oc2c(Br)cc(N=C=O)cc2Br)cc1. The van der Waals surface area contributed by atoms with Crippen molar-refractivity contribution >= 4 is 43.6 Å². The van der Waals surface area contributed by atoms with Crippen LogP contribution < -0.4 is 4.74 Å². The molecule has 0 aromatic heterocycles. The number of rotatable bonds is 3. The van der Waals surface area contributed by atoms with E-state index in [-0.39, 0.29) is 0 Å². The van der Waals surface area contributed by atoms with E-state index in [1.807, 2.05) is 6.07 Å². The summed E-state index contributed by atoms with van der Waals surface area (Å²) in [4.78, 5) is 13.8. The van der Waals surface area contributed by atoms with Gasteiger partial charge in [0, 0.05) is 0 Å². The molecule has 0 saturated carbocycles. The van der Waals surface area contributed by atoms with E-state index in [2.05, 4.69) is 36.9 Å². The molecule has 2 rings (SSSR count). The van der Waals surface area contributed by atoms with Crippen molar-refractivity contribution in [1.29, 1.82) is 5.26 Å².